The number of aromatic nitrogens is 2. The lowest BCUT2D eigenvalue weighted by Gasteiger charge is -2.12. The van der Waals surface area contributed by atoms with Crippen LogP contribution in [0.1, 0.15) is 18.2 Å². The van der Waals surface area contributed by atoms with Crippen LogP contribution in [0.2, 0.25) is 0 Å². The van der Waals surface area contributed by atoms with Gasteiger partial charge in [-0.15, -0.1) is 0 Å². The van der Waals surface area contributed by atoms with Crippen LogP contribution in [-0.2, 0) is 16.1 Å². The summed E-state index contributed by atoms with van der Waals surface area (Å²) in [5.41, 5.74) is 12.1. The fourth-order valence-corrected chi connectivity index (χ4v) is 3.42. The molecule has 3 aromatic rings. The second-order valence-corrected chi connectivity index (χ2v) is 7.97. The van der Waals surface area contributed by atoms with Gasteiger partial charge in [0.15, 0.2) is 0 Å². The molecule has 0 bridgehead atoms. The number of carbonyl (C=O) groups excluding carboxylic acids is 2. The minimum atomic E-state index is -0.481. The highest BCUT2D eigenvalue weighted by molar-refractivity contribution is 5.89. The van der Waals surface area contributed by atoms with E-state index >= 15 is 0 Å². The predicted molar refractivity (Wildman–Crippen MR) is 136 cm³/mol. The standard InChI is InChI=1S/C25H26N8O3/c1-17(34)28-15-22-16-33(25(35)36-22)23-10-9-20(13-29-23)19-7-5-18(6-8-19)12-31-32-24(26)30-14-21-4-2-3-11-27-21/h2-13,22H,14-16H2,1H3,(H,28,34)(H3,26,30,32)/t22-/m0/s1. The van der Waals surface area contributed by atoms with Crippen LogP contribution in [0, 0.1) is 0 Å². The van der Waals surface area contributed by atoms with E-state index in [0.29, 0.717) is 18.9 Å². The van der Waals surface area contributed by atoms with Gasteiger partial charge in [-0.05, 0) is 35.4 Å². The third-order valence-corrected chi connectivity index (χ3v) is 5.25. The number of benzene rings is 1. The van der Waals surface area contributed by atoms with Crippen LogP contribution in [0.5, 0.6) is 0 Å². The number of carbonyl (C=O) groups is 2. The summed E-state index contributed by atoms with van der Waals surface area (Å²) in [5, 5.41) is 6.77. The monoisotopic (exact) mass is 486 g/mol. The number of nitrogens with one attached hydrogen (secondary N) is 2. The maximum atomic E-state index is 12.2. The van der Waals surface area contributed by atoms with Crippen LogP contribution in [0.3, 0.4) is 0 Å². The Labute approximate surface area is 208 Å². The van der Waals surface area contributed by atoms with Crippen LogP contribution in [0.25, 0.3) is 11.1 Å². The van der Waals surface area contributed by atoms with Crippen molar-refractivity contribution in [2.24, 2.45) is 15.8 Å². The number of pyridine rings is 2. The summed E-state index contributed by atoms with van der Waals surface area (Å²) in [5.74, 6) is 0.518. The molecule has 11 heteroatoms. The molecule has 3 heterocycles. The van der Waals surface area contributed by atoms with Gasteiger partial charge in [0.2, 0.25) is 11.9 Å². The zero-order chi connectivity index (χ0) is 25.3. The molecule has 1 aromatic carbocycles. The fourth-order valence-electron chi connectivity index (χ4n) is 3.42. The second-order valence-electron chi connectivity index (χ2n) is 7.97. The molecular formula is C25H26N8O3. The molecule has 4 N–H and O–H groups in total. The van der Waals surface area contributed by atoms with Crippen LogP contribution in [-0.4, -0.2) is 53.3 Å². The molecule has 2 aromatic heterocycles. The molecule has 36 heavy (non-hydrogen) atoms. The Morgan fingerprint density at radius 3 is 2.67 bits per heavy atom. The Hall–Kier alpha value is -4.80. The van der Waals surface area contributed by atoms with Gasteiger partial charge in [-0.25, -0.2) is 20.2 Å². The normalized spacial score (nSPS) is 15.7. The van der Waals surface area contributed by atoms with Crippen molar-refractivity contribution in [3.05, 3.63) is 78.2 Å². The van der Waals surface area contributed by atoms with Crippen molar-refractivity contribution in [2.75, 3.05) is 18.0 Å². The summed E-state index contributed by atoms with van der Waals surface area (Å²) in [7, 11) is 0. The van der Waals surface area contributed by atoms with Crippen molar-refractivity contribution < 1.29 is 14.3 Å². The van der Waals surface area contributed by atoms with Crippen molar-refractivity contribution in [1.82, 2.24) is 20.7 Å². The Kier molecular flexibility index (Phi) is 7.81. The molecule has 1 aliphatic heterocycles. The molecule has 1 aliphatic rings. The van der Waals surface area contributed by atoms with Crippen molar-refractivity contribution in [3.63, 3.8) is 0 Å². The maximum absolute atomic E-state index is 12.2. The molecule has 11 nitrogen and oxygen atoms in total. The molecule has 0 saturated carbocycles. The Morgan fingerprint density at radius 1 is 1.17 bits per heavy atom. The minimum Gasteiger partial charge on any atom is -0.442 e. The molecule has 1 fully saturated rings. The first kappa shape index (κ1) is 24.3. The third-order valence-electron chi connectivity index (χ3n) is 5.25. The zero-order valence-electron chi connectivity index (χ0n) is 19.7. The van der Waals surface area contributed by atoms with Crippen molar-refractivity contribution in [3.8, 4) is 11.1 Å². The average molecular weight is 487 g/mol. The van der Waals surface area contributed by atoms with Crippen molar-refractivity contribution >= 4 is 30.0 Å². The largest absolute Gasteiger partial charge is 0.442 e. The van der Waals surface area contributed by atoms with Crippen LogP contribution in [0.4, 0.5) is 10.6 Å². The van der Waals surface area contributed by atoms with Crippen LogP contribution >= 0.6 is 0 Å². The number of anilines is 1. The van der Waals surface area contributed by atoms with Gasteiger partial charge in [-0.3, -0.25) is 14.7 Å². The Balaban J connectivity index is 1.31. The predicted octanol–water partition coefficient (Wildman–Crippen LogP) is 2.04. The van der Waals surface area contributed by atoms with Crippen molar-refractivity contribution in [2.45, 2.75) is 19.6 Å². The average Bonchev–Trinajstić information content (AvgIpc) is 3.28. The summed E-state index contributed by atoms with van der Waals surface area (Å²) in [4.78, 5) is 37.5. The Bertz CT molecular complexity index is 1240. The lowest BCUT2D eigenvalue weighted by molar-refractivity contribution is -0.119. The summed E-state index contributed by atoms with van der Waals surface area (Å²) < 4.78 is 5.28. The highest BCUT2D eigenvalue weighted by atomic mass is 16.6. The van der Waals surface area contributed by atoms with Gasteiger partial charge in [0.25, 0.3) is 0 Å². The number of guanidine groups is 1. The SMILES string of the molecule is CC(=O)NC[C@H]1CN(c2ccc(-c3ccc(C=NNC(N)=NCc4ccccn4)cc3)cn2)C(=O)O1. The maximum Gasteiger partial charge on any atom is 0.416 e. The fraction of sp³-hybridized carbons (Fsp3) is 0.200. The van der Waals surface area contributed by atoms with Gasteiger partial charge >= 0.3 is 6.09 Å². The summed E-state index contributed by atoms with van der Waals surface area (Å²) in [6.07, 6.45) is 4.16. The number of nitrogens with two attached hydrogens (primary N) is 1. The molecule has 1 atom stereocenters. The van der Waals surface area contributed by atoms with Gasteiger partial charge < -0.3 is 15.8 Å². The summed E-state index contributed by atoms with van der Waals surface area (Å²) in [6, 6.07) is 17.0. The van der Waals surface area contributed by atoms with E-state index in [4.69, 9.17) is 10.5 Å². The summed E-state index contributed by atoms with van der Waals surface area (Å²) in [6.45, 7) is 2.38. The minimum absolute atomic E-state index is 0.171. The number of hydrazone groups is 1. The lowest BCUT2D eigenvalue weighted by Crippen LogP contribution is -2.33. The first-order valence-corrected chi connectivity index (χ1v) is 11.3. The topological polar surface area (TPSA) is 147 Å². The quantitative estimate of drug-likeness (QED) is 0.251. The van der Waals surface area contributed by atoms with Crippen LogP contribution < -0.4 is 21.4 Å². The van der Waals surface area contributed by atoms with Gasteiger partial charge in [-0.2, -0.15) is 5.10 Å². The van der Waals surface area contributed by atoms with E-state index in [1.807, 2.05) is 48.5 Å². The number of nitrogens with zero attached hydrogens (tertiary/aromatic N) is 5. The number of hydrogen-bond acceptors (Lipinski definition) is 7. The van der Waals surface area contributed by atoms with Crippen molar-refractivity contribution in [1.29, 1.82) is 0 Å². The lowest BCUT2D eigenvalue weighted by atomic mass is 10.1. The molecule has 2 amide bonds. The van der Waals surface area contributed by atoms with E-state index < -0.39 is 12.2 Å². The molecule has 0 radical (unpaired) electrons. The number of cyclic esters (lactones) is 1. The van der Waals surface area contributed by atoms with Gasteiger partial charge in [0.05, 0.1) is 31.5 Å². The Morgan fingerprint density at radius 2 is 1.97 bits per heavy atom. The molecule has 1 saturated heterocycles. The van der Waals surface area contributed by atoms with E-state index in [1.165, 1.54) is 11.8 Å². The van der Waals surface area contributed by atoms with E-state index in [9.17, 15) is 9.59 Å². The van der Waals surface area contributed by atoms with Crippen LogP contribution in [0.15, 0.2) is 77.1 Å². The first-order chi connectivity index (χ1) is 17.5. The van der Waals surface area contributed by atoms with Gasteiger partial charge in [0, 0.05) is 24.9 Å². The zero-order valence-corrected chi connectivity index (χ0v) is 19.7. The van der Waals surface area contributed by atoms with E-state index in [1.54, 1.807) is 24.7 Å². The smallest absolute Gasteiger partial charge is 0.416 e. The number of aliphatic imine (C=N–C) groups is 1. The highest BCUT2D eigenvalue weighted by Crippen LogP contribution is 2.24. The molecule has 184 valence electrons. The number of amides is 2. The molecule has 0 unspecified atom stereocenters. The summed E-state index contributed by atoms with van der Waals surface area (Å²) >= 11 is 0. The van der Waals surface area contributed by atoms with Gasteiger partial charge in [0.1, 0.15) is 11.9 Å². The number of hydrogen-bond donors (Lipinski definition) is 3. The molecule has 4 rings (SSSR count). The number of rotatable bonds is 8. The van der Waals surface area contributed by atoms with Gasteiger partial charge in [-0.1, -0.05) is 30.3 Å². The molecule has 0 spiro atoms. The number of ether oxygens (including phenoxy) is 1. The molecule has 0 aliphatic carbocycles. The van der Waals surface area contributed by atoms with E-state index in [2.05, 4.69) is 30.8 Å². The molecular weight excluding hydrogens is 460 g/mol. The third kappa shape index (κ3) is 6.63. The second kappa shape index (κ2) is 11.6. The first-order valence-electron chi connectivity index (χ1n) is 11.3. The van der Waals surface area contributed by atoms with E-state index in [-0.39, 0.29) is 18.4 Å². The highest BCUT2D eigenvalue weighted by Gasteiger charge is 2.33. The van der Waals surface area contributed by atoms with E-state index in [0.717, 1.165) is 22.4 Å².